The summed E-state index contributed by atoms with van der Waals surface area (Å²) >= 11 is 0. The van der Waals surface area contributed by atoms with Crippen LogP contribution in [0.15, 0.2) is 30.3 Å². The maximum absolute atomic E-state index is 11.9. The van der Waals surface area contributed by atoms with Crippen molar-refractivity contribution in [2.45, 2.75) is 57.5 Å². The number of carbonyl (C=O) groups excluding carboxylic acids is 1. The highest BCUT2D eigenvalue weighted by atomic mass is 16.5. The van der Waals surface area contributed by atoms with Gasteiger partial charge in [-0.05, 0) is 31.2 Å². The van der Waals surface area contributed by atoms with Gasteiger partial charge in [-0.15, -0.1) is 0 Å². The summed E-state index contributed by atoms with van der Waals surface area (Å²) in [6.45, 7) is 0. The Morgan fingerprint density at radius 1 is 1.00 bits per heavy atom. The monoisotopic (exact) mass is 246 g/mol. The highest BCUT2D eigenvalue weighted by Gasteiger charge is 2.15. The molecule has 1 aromatic carbocycles. The zero-order chi connectivity index (χ0) is 12.6. The summed E-state index contributed by atoms with van der Waals surface area (Å²) < 4.78 is 5.59. The first-order valence-electron chi connectivity index (χ1n) is 7.08. The number of hydrogen-bond donors (Lipinski definition) is 0. The first-order chi connectivity index (χ1) is 8.84. The summed E-state index contributed by atoms with van der Waals surface area (Å²) in [5, 5.41) is 0. The van der Waals surface area contributed by atoms with E-state index in [4.69, 9.17) is 4.74 Å². The number of benzene rings is 1. The molecule has 1 aliphatic rings. The van der Waals surface area contributed by atoms with E-state index in [1.807, 2.05) is 30.3 Å². The van der Waals surface area contributed by atoms with Crippen LogP contribution in [0.4, 0.5) is 0 Å². The predicted molar refractivity (Wildman–Crippen MR) is 72.3 cm³/mol. The maximum atomic E-state index is 11.9. The Morgan fingerprint density at radius 3 is 2.28 bits per heavy atom. The lowest BCUT2D eigenvalue weighted by molar-refractivity contribution is -0.149. The molecular weight excluding hydrogens is 224 g/mol. The van der Waals surface area contributed by atoms with Crippen LogP contribution in [0.2, 0.25) is 0 Å². The van der Waals surface area contributed by atoms with Gasteiger partial charge >= 0.3 is 5.97 Å². The van der Waals surface area contributed by atoms with Crippen LogP contribution in [0.1, 0.15) is 50.5 Å². The van der Waals surface area contributed by atoms with E-state index in [-0.39, 0.29) is 12.1 Å². The van der Waals surface area contributed by atoms with E-state index in [1.54, 1.807) is 0 Å². The van der Waals surface area contributed by atoms with Crippen molar-refractivity contribution in [2.24, 2.45) is 0 Å². The molecule has 2 rings (SSSR count). The normalized spacial score (nSPS) is 17.8. The Bertz CT molecular complexity index is 351. The molecule has 2 heteroatoms. The Balaban J connectivity index is 1.79. The number of rotatable bonds is 3. The second kappa shape index (κ2) is 7.20. The van der Waals surface area contributed by atoms with Crippen LogP contribution in [0.25, 0.3) is 0 Å². The van der Waals surface area contributed by atoms with E-state index in [9.17, 15) is 4.79 Å². The third-order valence-electron chi connectivity index (χ3n) is 3.54. The van der Waals surface area contributed by atoms with Crippen molar-refractivity contribution >= 4 is 5.97 Å². The van der Waals surface area contributed by atoms with Gasteiger partial charge in [0.05, 0.1) is 6.42 Å². The molecule has 0 saturated heterocycles. The largest absolute Gasteiger partial charge is 0.462 e. The van der Waals surface area contributed by atoms with Crippen molar-refractivity contribution in [2.75, 3.05) is 0 Å². The topological polar surface area (TPSA) is 26.3 Å². The molecule has 98 valence electrons. The average Bonchev–Trinajstić information content (AvgIpc) is 2.34. The lowest BCUT2D eigenvalue weighted by Crippen LogP contribution is -2.20. The lowest BCUT2D eigenvalue weighted by Gasteiger charge is -2.20. The summed E-state index contributed by atoms with van der Waals surface area (Å²) in [7, 11) is 0. The van der Waals surface area contributed by atoms with Gasteiger partial charge in [0.15, 0.2) is 0 Å². The minimum absolute atomic E-state index is 0.0771. The average molecular weight is 246 g/mol. The van der Waals surface area contributed by atoms with Crippen LogP contribution in [-0.2, 0) is 16.0 Å². The van der Waals surface area contributed by atoms with Gasteiger partial charge in [-0.25, -0.2) is 0 Å². The summed E-state index contributed by atoms with van der Waals surface area (Å²) in [6, 6.07) is 9.82. The summed E-state index contributed by atoms with van der Waals surface area (Å²) in [6.07, 6.45) is 8.94. The van der Waals surface area contributed by atoms with E-state index < -0.39 is 0 Å². The Hall–Kier alpha value is -1.31. The van der Waals surface area contributed by atoms with Crippen LogP contribution in [0.5, 0.6) is 0 Å². The minimum Gasteiger partial charge on any atom is -0.462 e. The Labute approximate surface area is 109 Å². The van der Waals surface area contributed by atoms with E-state index in [1.165, 1.54) is 32.1 Å². The molecule has 0 bridgehead atoms. The Kier molecular flexibility index (Phi) is 5.25. The predicted octanol–water partition coefficient (Wildman–Crippen LogP) is 3.89. The third-order valence-corrected chi connectivity index (χ3v) is 3.54. The minimum atomic E-state index is -0.0771. The van der Waals surface area contributed by atoms with E-state index in [0.717, 1.165) is 18.4 Å². The third kappa shape index (κ3) is 4.52. The van der Waals surface area contributed by atoms with Crippen molar-refractivity contribution in [1.29, 1.82) is 0 Å². The van der Waals surface area contributed by atoms with Crippen molar-refractivity contribution in [3.8, 4) is 0 Å². The van der Waals surface area contributed by atoms with Gasteiger partial charge < -0.3 is 4.74 Å². The molecule has 1 aromatic rings. The highest BCUT2D eigenvalue weighted by Crippen LogP contribution is 2.20. The molecule has 0 radical (unpaired) electrons. The van der Waals surface area contributed by atoms with Gasteiger partial charge in [-0.3, -0.25) is 4.79 Å². The molecule has 0 atom stereocenters. The molecule has 18 heavy (non-hydrogen) atoms. The number of esters is 1. The molecule has 1 fully saturated rings. The molecule has 0 unspecified atom stereocenters. The van der Waals surface area contributed by atoms with E-state index in [2.05, 4.69) is 0 Å². The molecule has 0 heterocycles. The van der Waals surface area contributed by atoms with Gasteiger partial charge in [0.25, 0.3) is 0 Å². The fraction of sp³-hybridized carbons (Fsp3) is 0.562. The lowest BCUT2D eigenvalue weighted by atomic mass is 9.98. The van der Waals surface area contributed by atoms with Crippen LogP contribution in [0, 0.1) is 0 Å². The molecule has 0 amide bonds. The van der Waals surface area contributed by atoms with Gasteiger partial charge in [-0.1, -0.05) is 49.6 Å². The zero-order valence-corrected chi connectivity index (χ0v) is 10.9. The molecule has 0 N–H and O–H groups in total. The highest BCUT2D eigenvalue weighted by molar-refractivity contribution is 5.72. The van der Waals surface area contributed by atoms with Crippen LogP contribution in [-0.4, -0.2) is 12.1 Å². The van der Waals surface area contributed by atoms with E-state index in [0.29, 0.717) is 6.42 Å². The van der Waals surface area contributed by atoms with Crippen LogP contribution >= 0.6 is 0 Å². The smallest absolute Gasteiger partial charge is 0.310 e. The summed E-state index contributed by atoms with van der Waals surface area (Å²) in [5.41, 5.74) is 1.04. The Morgan fingerprint density at radius 2 is 1.61 bits per heavy atom. The zero-order valence-electron chi connectivity index (χ0n) is 10.9. The second-order valence-electron chi connectivity index (χ2n) is 5.12. The van der Waals surface area contributed by atoms with Gasteiger partial charge in [-0.2, -0.15) is 0 Å². The molecular formula is C16H22O2. The fourth-order valence-corrected chi connectivity index (χ4v) is 2.53. The molecule has 2 nitrogen and oxygen atoms in total. The quantitative estimate of drug-likeness (QED) is 0.756. The fourth-order valence-electron chi connectivity index (χ4n) is 2.53. The van der Waals surface area contributed by atoms with Gasteiger partial charge in [0.2, 0.25) is 0 Å². The number of ether oxygens (including phenoxy) is 1. The molecule has 0 aliphatic heterocycles. The summed E-state index contributed by atoms with van der Waals surface area (Å²) in [5.74, 6) is -0.0771. The summed E-state index contributed by atoms with van der Waals surface area (Å²) in [4.78, 5) is 11.9. The number of carbonyl (C=O) groups is 1. The van der Waals surface area contributed by atoms with Crippen molar-refractivity contribution < 1.29 is 9.53 Å². The second-order valence-corrected chi connectivity index (χ2v) is 5.12. The first-order valence-corrected chi connectivity index (χ1v) is 7.08. The van der Waals surface area contributed by atoms with Crippen molar-refractivity contribution in [3.63, 3.8) is 0 Å². The van der Waals surface area contributed by atoms with Crippen LogP contribution < -0.4 is 0 Å². The van der Waals surface area contributed by atoms with Gasteiger partial charge in [0.1, 0.15) is 6.10 Å². The SMILES string of the molecule is O=C(Cc1ccccc1)OC1CCCCCCC1. The standard InChI is InChI=1S/C16H22O2/c17-16(13-14-9-5-4-6-10-14)18-15-11-7-2-1-3-8-12-15/h4-6,9-10,15H,1-3,7-8,11-13H2. The number of hydrogen-bond acceptors (Lipinski definition) is 2. The van der Waals surface area contributed by atoms with Crippen molar-refractivity contribution in [3.05, 3.63) is 35.9 Å². The van der Waals surface area contributed by atoms with E-state index >= 15 is 0 Å². The molecule has 1 saturated carbocycles. The molecule has 0 aromatic heterocycles. The van der Waals surface area contributed by atoms with Gasteiger partial charge in [0, 0.05) is 0 Å². The maximum Gasteiger partial charge on any atom is 0.310 e. The molecule has 1 aliphatic carbocycles. The first kappa shape index (κ1) is 13.1. The van der Waals surface area contributed by atoms with Crippen LogP contribution in [0.3, 0.4) is 0 Å². The van der Waals surface area contributed by atoms with Crippen molar-refractivity contribution in [1.82, 2.24) is 0 Å². The molecule has 0 spiro atoms.